The highest BCUT2D eigenvalue weighted by Gasteiger charge is 2.28. The van der Waals surface area contributed by atoms with Gasteiger partial charge >= 0.3 is 0 Å². The molecule has 0 aromatic rings. The van der Waals surface area contributed by atoms with Crippen molar-refractivity contribution in [2.45, 2.75) is 39.8 Å². The molecule has 0 bridgehead atoms. The van der Waals surface area contributed by atoms with Crippen molar-refractivity contribution in [1.82, 2.24) is 5.23 Å². The summed E-state index contributed by atoms with van der Waals surface area (Å²) in [4.78, 5) is 14.6. The van der Waals surface area contributed by atoms with E-state index >= 15 is 0 Å². The molecule has 1 unspecified atom stereocenters. The Hall–Kier alpha value is -1.54. The minimum absolute atomic E-state index is 0.105. The summed E-state index contributed by atoms with van der Waals surface area (Å²) >= 11 is 0. The van der Waals surface area contributed by atoms with Gasteiger partial charge in [0.05, 0.1) is 6.61 Å². The summed E-state index contributed by atoms with van der Waals surface area (Å²) in [6.07, 6.45) is 0.486. The number of nitrogens with two attached hydrogens (primary N) is 3. The smallest absolute Gasteiger partial charge is 0.241 e. The van der Waals surface area contributed by atoms with Gasteiger partial charge in [-0.1, -0.05) is 26.0 Å². The zero-order chi connectivity index (χ0) is 14.3. The number of nitrogens with zero attached hydrogens (tertiary/aromatic N) is 2. The summed E-state index contributed by atoms with van der Waals surface area (Å²) in [6.45, 7) is 7.80. The van der Waals surface area contributed by atoms with Crippen LogP contribution in [0.15, 0.2) is 4.99 Å². The van der Waals surface area contributed by atoms with Crippen LogP contribution in [-0.4, -0.2) is 29.5 Å². The van der Waals surface area contributed by atoms with Gasteiger partial charge in [-0.2, -0.15) is 0 Å². The monoisotopic (exact) mass is 260 g/mol. The van der Waals surface area contributed by atoms with Crippen molar-refractivity contribution in [1.29, 1.82) is 5.41 Å². The lowest BCUT2D eigenvalue weighted by atomic mass is 10.2. The number of hydroxylamine groups is 2. The molecular formula is C10H24N6O2. The molecule has 0 saturated heterocycles. The van der Waals surface area contributed by atoms with Crippen LogP contribution >= 0.6 is 0 Å². The Labute approximate surface area is 108 Å². The third kappa shape index (κ3) is 6.26. The van der Waals surface area contributed by atoms with E-state index in [0.29, 0.717) is 13.0 Å². The summed E-state index contributed by atoms with van der Waals surface area (Å²) in [6, 6.07) is 0. The second-order valence-corrected chi connectivity index (χ2v) is 4.49. The highest BCUT2D eigenvalue weighted by molar-refractivity contribution is 5.76. The van der Waals surface area contributed by atoms with Crippen molar-refractivity contribution >= 4 is 11.9 Å². The maximum Gasteiger partial charge on any atom is 0.241 e. The number of aliphatic imine (C=N–C) groups is 1. The first-order chi connectivity index (χ1) is 8.20. The maximum atomic E-state index is 7.38. The molecule has 106 valence electrons. The first-order valence-corrected chi connectivity index (χ1v) is 5.77. The van der Waals surface area contributed by atoms with Gasteiger partial charge in [0.1, 0.15) is 0 Å². The summed E-state index contributed by atoms with van der Waals surface area (Å²) in [5, 5.41) is 8.21. The van der Waals surface area contributed by atoms with Crippen LogP contribution in [0, 0.1) is 11.3 Å². The molecule has 0 radical (unpaired) electrons. The zero-order valence-corrected chi connectivity index (χ0v) is 11.4. The van der Waals surface area contributed by atoms with Crippen LogP contribution in [0.1, 0.15) is 34.1 Å². The molecule has 0 fully saturated rings. The van der Waals surface area contributed by atoms with E-state index in [1.165, 1.54) is 0 Å². The molecule has 0 rings (SSSR count). The van der Waals surface area contributed by atoms with Crippen molar-refractivity contribution in [2.75, 3.05) is 6.61 Å². The Balaban J connectivity index is 4.73. The van der Waals surface area contributed by atoms with Gasteiger partial charge < -0.3 is 17.2 Å². The minimum Gasteiger partial charge on any atom is -0.370 e. The molecule has 8 heteroatoms. The molecule has 0 aliphatic rings. The van der Waals surface area contributed by atoms with Gasteiger partial charge in [0, 0.05) is 0 Å². The van der Waals surface area contributed by atoms with Crippen LogP contribution in [0.4, 0.5) is 0 Å². The fraction of sp³-hybridized carbons (Fsp3) is 0.800. The molecule has 1 atom stereocenters. The molecule has 0 aliphatic heterocycles. The van der Waals surface area contributed by atoms with Crippen LogP contribution in [0.2, 0.25) is 0 Å². The highest BCUT2D eigenvalue weighted by atomic mass is 17.0. The van der Waals surface area contributed by atoms with E-state index in [1.54, 1.807) is 6.92 Å². The van der Waals surface area contributed by atoms with Crippen LogP contribution in [0.3, 0.4) is 0 Å². The third-order valence-corrected chi connectivity index (χ3v) is 2.02. The van der Waals surface area contributed by atoms with E-state index in [2.05, 4.69) is 4.99 Å². The predicted molar refractivity (Wildman–Crippen MR) is 70.1 cm³/mol. The van der Waals surface area contributed by atoms with E-state index in [-0.39, 0.29) is 17.8 Å². The van der Waals surface area contributed by atoms with Crippen molar-refractivity contribution in [2.24, 2.45) is 28.1 Å². The van der Waals surface area contributed by atoms with E-state index in [0.717, 1.165) is 5.23 Å². The average Bonchev–Trinajstić information content (AvgIpc) is 2.22. The number of guanidine groups is 2. The molecule has 0 heterocycles. The number of rotatable bonds is 7. The lowest BCUT2D eigenvalue weighted by Crippen LogP contribution is -2.45. The Bertz CT molecular complexity index is 303. The van der Waals surface area contributed by atoms with E-state index < -0.39 is 5.72 Å². The average molecular weight is 260 g/mol. The van der Waals surface area contributed by atoms with E-state index in [4.69, 9.17) is 32.3 Å². The topological polar surface area (TPSA) is 136 Å². The number of hydrogen-bond donors (Lipinski definition) is 4. The molecule has 0 aliphatic carbocycles. The second kappa shape index (κ2) is 7.02. The fourth-order valence-corrected chi connectivity index (χ4v) is 0.978. The van der Waals surface area contributed by atoms with Gasteiger partial charge in [0.25, 0.3) is 0 Å². The summed E-state index contributed by atoms with van der Waals surface area (Å²) in [7, 11) is 0. The lowest BCUT2D eigenvalue weighted by Gasteiger charge is -2.30. The van der Waals surface area contributed by atoms with Gasteiger partial charge in [-0.25, -0.2) is 14.7 Å². The predicted octanol–water partition coefficient (Wildman–Crippen LogP) is 0.101. The van der Waals surface area contributed by atoms with Gasteiger partial charge in [-0.15, -0.1) is 0 Å². The first kappa shape index (κ1) is 16.5. The van der Waals surface area contributed by atoms with Crippen molar-refractivity contribution in [3.63, 3.8) is 0 Å². The zero-order valence-electron chi connectivity index (χ0n) is 11.4. The first-order valence-electron chi connectivity index (χ1n) is 5.77. The molecule has 7 N–H and O–H groups in total. The molecular weight excluding hydrogens is 236 g/mol. The van der Waals surface area contributed by atoms with Gasteiger partial charge in [0.2, 0.25) is 5.96 Å². The summed E-state index contributed by atoms with van der Waals surface area (Å²) < 4.78 is 0. The van der Waals surface area contributed by atoms with E-state index in [1.807, 2.05) is 20.8 Å². The number of nitrogens with one attached hydrogen (secondary N) is 1. The Morgan fingerprint density at radius 3 is 2.28 bits per heavy atom. The van der Waals surface area contributed by atoms with Gasteiger partial charge in [-0.05, 0) is 19.3 Å². The standard InChI is InChI=1S/C10H24N6O2/c1-5-10(4,15-8(11)12)18-16(9(13)14)17-6-7(2)3/h7H,5-6H2,1-4H3,(H3,13,14)(H4,11,12,15). The maximum absolute atomic E-state index is 7.38. The molecule has 0 amide bonds. The Morgan fingerprint density at radius 1 is 1.39 bits per heavy atom. The van der Waals surface area contributed by atoms with Crippen LogP contribution in [0.25, 0.3) is 0 Å². The SMILES string of the molecule is CCC(C)(N=C(N)N)ON(OCC(C)C)C(=N)N. The molecule has 0 saturated carbocycles. The molecule has 8 nitrogen and oxygen atoms in total. The minimum atomic E-state index is -1.03. The van der Waals surface area contributed by atoms with Crippen LogP contribution < -0.4 is 17.2 Å². The van der Waals surface area contributed by atoms with Crippen molar-refractivity contribution in [3.8, 4) is 0 Å². The molecule has 0 aromatic carbocycles. The fourth-order valence-electron chi connectivity index (χ4n) is 0.978. The second-order valence-electron chi connectivity index (χ2n) is 4.49. The van der Waals surface area contributed by atoms with Crippen molar-refractivity contribution in [3.05, 3.63) is 0 Å². The summed E-state index contributed by atoms with van der Waals surface area (Å²) in [5.41, 5.74) is 15.0. The van der Waals surface area contributed by atoms with Gasteiger partial charge in [-0.3, -0.25) is 5.41 Å². The highest BCUT2D eigenvalue weighted by Crippen LogP contribution is 2.19. The lowest BCUT2D eigenvalue weighted by molar-refractivity contribution is -0.363. The molecule has 0 aromatic heterocycles. The Morgan fingerprint density at radius 2 is 1.94 bits per heavy atom. The van der Waals surface area contributed by atoms with Crippen LogP contribution in [0.5, 0.6) is 0 Å². The van der Waals surface area contributed by atoms with Crippen molar-refractivity contribution < 1.29 is 9.68 Å². The number of hydrogen-bond acceptors (Lipinski definition) is 4. The third-order valence-electron chi connectivity index (χ3n) is 2.02. The normalized spacial score (nSPS) is 14.1. The van der Waals surface area contributed by atoms with E-state index in [9.17, 15) is 0 Å². The quantitative estimate of drug-likeness (QED) is 0.291. The summed E-state index contributed by atoms with van der Waals surface area (Å²) in [5.74, 6) is -0.209. The molecule has 18 heavy (non-hydrogen) atoms. The largest absolute Gasteiger partial charge is 0.370 e. The van der Waals surface area contributed by atoms with Crippen LogP contribution in [-0.2, 0) is 9.68 Å². The molecule has 0 spiro atoms. The van der Waals surface area contributed by atoms with Gasteiger partial charge in [0.15, 0.2) is 11.7 Å². The Kier molecular flexibility index (Phi) is 6.42.